The third kappa shape index (κ3) is 5.09. The summed E-state index contributed by atoms with van der Waals surface area (Å²) < 4.78 is 0. The zero-order valence-electron chi connectivity index (χ0n) is 36.3. The Balaban J connectivity index is 1.03. The first kappa shape index (κ1) is 36.9. The minimum absolute atomic E-state index is 0.0518. The summed E-state index contributed by atoms with van der Waals surface area (Å²) in [5.74, 6) is 0. The van der Waals surface area contributed by atoms with Gasteiger partial charge in [-0.05, 0) is 131 Å². The molecular weight excluding hydrogens is 747 g/mol. The van der Waals surface area contributed by atoms with E-state index in [1.807, 2.05) is 0 Å². The molecule has 0 radical (unpaired) electrons. The van der Waals surface area contributed by atoms with E-state index in [1.54, 1.807) is 0 Å². The zero-order valence-corrected chi connectivity index (χ0v) is 36.3. The number of benzene rings is 9. The molecule has 0 unspecified atom stereocenters. The molecule has 3 aliphatic rings. The van der Waals surface area contributed by atoms with E-state index >= 15 is 0 Å². The maximum absolute atomic E-state index is 2.50. The van der Waals surface area contributed by atoms with Gasteiger partial charge in [0.05, 0.1) is 5.69 Å². The number of anilines is 3. The third-order valence-electron chi connectivity index (χ3n) is 14.9. The molecule has 0 N–H and O–H groups in total. The minimum atomic E-state index is -0.151. The molecule has 0 saturated heterocycles. The smallest absolute Gasteiger partial charge is 0.0540 e. The monoisotopic (exact) mass is 795 g/mol. The quantitative estimate of drug-likeness (QED) is 0.168. The first-order chi connectivity index (χ1) is 30.0. The van der Waals surface area contributed by atoms with Crippen molar-refractivity contribution >= 4 is 27.8 Å². The van der Waals surface area contributed by atoms with Crippen LogP contribution in [0, 0.1) is 0 Å². The Kier molecular flexibility index (Phi) is 7.74. The van der Waals surface area contributed by atoms with Gasteiger partial charge < -0.3 is 4.90 Å². The average Bonchev–Trinajstić information content (AvgIpc) is 3.79. The van der Waals surface area contributed by atoms with Crippen molar-refractivity contribution in [2.75, 3.05) is 4.90 Å². The van der Waals surface area contributed by atoms with Crippen LogP contribution in [0.1, 0.15) is 74.9 Å². The van der Waals surface area contributed by atoms with Crippen LogP contribution in [0.3, 0.4) is 0 Å². The number of fused-ring (bicyclic) bond motifs is 11. The molecule has 12 rings (SSSR count). The summed E-state index contributed by atoms with van der Waals surface area (Å²) in [6.07, 6.45) is 0. The molecule has 1 nitrogen and oxygen atoms in total. The average molecular weight is 796 g/mol. The Morgan fingerprint density at radius 3 is 1.56 bits per heavy atom. The summed E-state index contributed by atoms with van der Waals surface area (Å²) in [7, 11) is 0. The largest absolute Gasteiger partial charge is 0.310 e. The van der Waals surface area contributed by atoms with Crippen molar-refractivity contribution in [1.29, 1.82) is 0 Å². The van der Waals surface area contributed by atoms with Crippen LogP contribution in [0.4, 0.5) is 17.1 Å². The maximum atomic E-state index is 2.50. The van der Waals surface area contributed by atoms with Crippen LogP contribution in [0.25, 0.3) is 66.4 Å². The Hall–Kier alpha value is -6.96. The van der Waals surface area contributed by atoms with Crippen molar-refractivity contribution in [2.45, 2.75) is 57.8 Å². The number of para-hydroxylation sites is 1. The van der Waals surface area contributed by atoms with Crippen LogP contribution in [0.15, 0.2) is 188 Å². The first-order valence-electron chi connectivity index (χ1n) is 22.2. The number of hydrogen-bond donors (Lipinski definition) is 0. The second-order valence-electron chi connectivity index (χ2n) is 19.3. The predicted octanol–water partition coefficient (Wildman–Crippen LogP) is 16.6. The summed E-state index contributed by atoms with van der Waals surface area (Å²) in [6, 6.07) is 70.9. The molecule has 0 bridgehead atoms. The van der Waals surface area contributed by atoms with Crippen molar-refractivity contribution in [1.82, 2.24) is 0 Å². The van der Waals surface area contributed by atoms with E-state index in [2.05, 4.69) is 234 Å². The Bertz CT molecular complexity index is 3320. The van der Waals surface area contributed by atoms with E-state index in [1.165, 1.54) is 99.8 Å². The van der Waals surface area contributed by atoms with Crippen molar-refractivity contribution in [2.24, 2.45) is 0 Å². The lowest BCUT2D eigenvalue weighted by molar-refractivity contribution is 0.660. The molecule has 62 heavy (non-hydrogen) atoms. The molecule has 298 valence electrons. The standard InChI is InChI=1S/C61H49N/c1-59(2)51-22-12-9-18-44(51)46-33-29-40(36-54(46)59)38-26-30-41(31-27-38)62(42-32-35-47-45-19-10-13-23-52(45)60(3,4)55(47)37-42)56-25-14-11-20-48(56)49-21-15-24-53-57(49)50-34-28-39-16-7-8-17-43(39)58(50)61(53,5)6/h7-37H,1-6H3. The minimum Gasteiger partial charge on any atom is -0.310 e. The lowest BCUT2D eigenvalue weighted by Gasteiger charge is -2.30. The van der Waals surface area contributed by atoms with Gasteiger partial charge in [0.1, 0.15) is 0 Å². The van der Waals surface area contributed by atoms with Gasteiger partial charge in [-0.2, -0.15) is 0 Å². The Morgan fingerprint density at radius 2 is 0.839 bits per heavy atom. The maximum Gasteiger partial charge on any atom is 0.0540 e. The van der Waals surface area contributed by atoms with Gasteiger partial charge in [-0.25, -0.2) is 0 Å². The predicted molar refractivity (Wildman–Crippen MR) is 262 cm³/mol. The molecule has 0 fully saturated rings. The van der Waals surface area contributed by atoms with Crippen LogP contribution in [-0.2, 0) is 16.2 Å². The van der Waals surface area contributed by atoms with E-state index in [9.17, 15) is 0 Å². The van der Waals surface area contributed by atoms with Gasteiger partial charge >= 0.3 is 0 Å². The summed E-state index contributed by atoms with van der Waals surface area (Å²) >= 11 is 0. The highest BCUT2D eigenvalue weighted by molar-refractivity contribution is 6.04. The summed E-state index contributed by atoms with van der Waals surface area (Å²) in [4.78, 5) is 2.50. The topological polar surface area (TPSA) is 3.24 Å². The molecular formula is C61H49N. The number of hydrogen-bond acceptors (Lipinski definition) is 1. The van der Waals surface area contributed by atoms with Crippen LogP contribution < -0.4 is 4.90 Å². The third-order valence-corrected chi connectivity index (χ3v) is 14.9. The van der Waals surface area contributed by atoms with Crippen molar-refractivity contribution < 1.29 is 0 Å². The van der Waals surface area contributed by atoms with Gasteiger partial charge in [0.2, 0.25) is 0 Å². The summed E-state index contributed by atoms with van der Waals surface area (Å²) in [6.45, 7) is 14.3. The normalized spacial score (nSPS) is 15.3. The highest BCUT2D eigenvalue weighted by Gasteiger charge is 2.40. The fourth-order valence-corrected chi connectivity index (χ4v) is 11.7. The van der Waals surface area contributed by atoms with Gasteiger partial charge in [0, 0.05) is 33.2 Å². The van der Waals surface area contributed by atoms with Crippen LogP contribution >= 0.6 is 0 Å². The first-order valence-corrected chi connectivity index (χ1v) is 22.2. The highest BCUT2D eigenvalue weighted by Crippen LogP contribution is 2.57. The molecule has 0 saturated carbocycles. The van der Waals surface area contributed by atoms with E-state index in [0.29, 0.717) is 0 Å². The van der Waals surface area contributed by atoms with Crippen molar-refractivity contribution in [3.8, 4) is 55.6 Å². The molecule has 3 aliphatic carbocycles. The van der Waals surface area contributed by atoms with Crippen molar-refractivity contribution in [3.05, 3.63) is 221 Å². The SMILES string of the molecule is CC1(C)c2ccccc2-c2ccc(-c3ccc(N(c4ccc5c(c4)C(C)(C)c4ccccc4-5)c4ccccc4-c4cccc5c4-c4ccc6ccccc6c4C5(C)C)cc3)cc21. The number of rotatable bonds is 5. The molecule has 0 atom stereocenters. The molecule has 0 aliphatic heterocycles. The molecule has 9 aromatic carbocycles. The van der Waals surface area contributed by atoms with Gasteiger partial charge in [-0.1, -0.05) is 193 Å². The molecule has 0 amide bonds. The highest BCUT2D eigenvalue weighted by atomic mass is 15.1. The lowest BCUT2D eigenvalue weighted by atomic mass is 9.80. The lowest BCUT2D eigenvalue weighted by Crippen LogP contribution is -2.17. The molecule has 9 aromatic rings. The molecule has 1 heteroatoms. The Morgan fingerprint density at radius 1 is 0.323 bits per heavy atom. The van der Waals surface area contributed by atoms with E-state index in [0.717, 1.165) is 17.1 Å². The second-order valence-corrected chi connectivity index (χ2v) is 19.3. The summed E-state index contributed by atoms with van der Waals surface area (Å²) in [5.41, 5.74) is 24.4. The van der Waals surface area contributed by atoms with Crippen LogP contribution in [0.5, 0.6) is 0 Å². The molecule has 0 heterocycles. The van der Waals surface area contributed by atoms with E-state index < -0.39 is 0 Å². The molecule has 0 aromatic heterocycles. The number of nitrogens with zero attached hydrogens (tertiary/aromatic N) is 1. The molecule has 0 spiro atoms. The van der Waals surface area contributed by atoms with E-state index in [-0.39, 0.29) is 16.2 Å². The second kappa shape index (κ2) is 13.0. The van der Waals surface area contributed by atoms with Gasteiger partial charge in [0.25, 0.3) is 0 Å². The fraction of sp³-hybridized carbons (Fsp3) is 0.148. The van der Waals surface area contributed by atoms with Crippen LogP contribution in [-0.4, -0.2) is 0 Å². The van der Waals surface area contributed by atoms with E-state index in [4.69, 9.17) is 0 Å². The van der Waals surface area contributed by atoms with Crippen molar-refractivity contribution in [3.63, 3.8) is 0 Å². The zero-order chi connectivity index (χ0) is 42.1. The van der Waals surface area contributed by atoms with Gasteiger partial charge in [-0.15, -0.1) is 0 Å². The van der Waals surface area contributed by atoms with Crippen LogP contribution in [0.2, 0.25) is 0 Å². The Labute approximate surface area is 366 Å². The summed E-state index contributed by atoms with van der Waals surface area (Å²) in [5, 5.41) is 2.63. The van der Waals surface area contributed by atoms with Gasteiger partial charge in [-0.3, -0.25) is 0 Å². The van der Waals surface area contributed by atoms with Gasteiger partial charge in [0.15, 0.2) is 0 Å². The fourth-order valence-electron chi connectivity index (χ4n) is 11.7.